The van der Waals surface area contributed by atoms with E-state index >= 15 is 0 Å². The van der Waals surface area contributed by atoms with Gasteiger partial charge in [0.25, 0.3) is 5.92 Å². The Morgan fingerprint density at radius 1 is 1.00 bits per heavy atom. The number of anilines is 2. The molecule has 0 bridgehead atoms. The number of aromatic nitrogens is 2. The third-order valence-corrected chi connectivity index (χ3v) is 5.46. The molecule has 11 heteroatoms. The zero-order chi connectivity index (χ0) is 25.9. The quantitative estimate of drug-likeness (QED) is 0.339. The van der Waals surface area contributed by atoms with Crippen molar-refractivity contribution in [2.24, 2.45) is 5.92 Å². The maximum atomic E-state index is 14.6. The lowest BCUT2D eigenvalue weighted by molar-refractivity contribution is -0.120. The number of ketones is 1. The number of halogens is 4. The molecule has 2 N–H and O–H groups in total. The summed E-state index contributed by atoms with van der Waals surface area (Å²) in [6, 6.07) is 7.09. The van der Waals surface area contributed by atoms with Crippen molar-refractivity contribution in [1.82, 2.24) is 9.97 Å². The molecule has 1 aromatic heterocycles. The van der Waals surface area contributed by atoms with Gasteiger partial charge in [0.1, 0.15) is 17.9 Å². The first-order chi connectivity index (χ1) is 17.1. The molecule has 0 unspecified atom stereocenters. The van der Waals surface area contributed by atoms with Crippen LogP contribution in [0.1, 0.15) is 37.4 Å². The predicted octanol–water partition coefficient (Wildman–Crippen LogP) is 6.21. The number of nitrogens with zero attached hydrogens (tertiary/aromatic N) is 2. The monoisotopic (exact) mass is 502 g/mol. The van der Waals surface area contributed by atoms with Crippen LogP contribution in [0.5, 0.6) is 11.6 Å². The van der Waals surface area contributed by atoms with E-state index in [2.05, 4.69) is 20.6 Å². The van der Waals surface area contributed by atoms with Crippen molar-refractivity contribution in [2.45, 2.75) is 38.5 Å². The maximum Gasteiger partial charge on any atom is 0.323 e. The molecule has 1 saturated carbocycles. The highest BCUT2D eigenvalue weighted by Gasteiger charge is 2.29. The number of nitrogens with one attached hydrogen (secondary N) is 2. The van der Waals surface area contributed by atoms with Gasteiger partial charge in [0.05, 0.1) is 5.56 Å². The summed E-state index contributed by atoms with van der Waals surface area (Å²) in [5.41, 5.74) is -0.281. The van der Waals surface area contributed by atoms with E-state index in [1.807, 2.05) is 0 Å². The molecule has 2 aromatic carbocycles. The molecule has 0 aliphatic heterocycles. The highest BCUT2D eigenvalue weighted by Crippen LogP contribution is 2.32. The summed E-state index contributed by atoms with van der Waals surface area (Å²) in [7, 11) is 0. The van der Waals surface area contributed by atoms with Gasteiger partial charge in [0, 0.05) is 48.5 Å². The van der Waals surface area contributed by atoms with Crippen molar-refractivity contribution in [3.8, 4) is 11.6 Å². The van der Waals surface area contributed by atoms with Gasteiger partial charge in [-0.15, -0.1) is 0 Å². The van der Waals surface area contributed by atoms with E-state index in [1.165, 1.54) is 24.5 Å². The molecule has 0 saturated heterocycles. The number of hydrogen-bond donors (Lipinski definition) is 2. The summed E-state index contributed by atoms with van der Waals surface area (Å²) in [6.45, 7) is 0.542. The van der Waals surface area contributed by atoms with Crippen molar-refractivity contribution < 1.29 is 31.9 Å². The Balaban J connectivity index is 1.36. The number of ether oxygens (including phenoxy) is 1. The van der Waals surface area contributed by atoms with Crippen LogP contribution < -0.4 is 15.4 Å². The molecule has 188 valence electrons. The maximum absolute atomic E-state index is 14.6. The Kier molecular flexibility index (Phi) is 7.18. The minimum Gasteiger partial charge on any atom is -0.436 e. The molecule has 0 atom stereocenters. The van der Waals surface area contributed by atoms with E-state index < -0.39 is 29.2 Å². The lowest BCUT2D eigenvalue weighted by Gasteiger charge is -2.14. The normalized spacial score (nSPS) is 13.2. The van der Waals surface area contributed by atoms with Gasteiger partial charge in [-0.2, -0.15) is 0 Å². The molecule has 1 aliphatic carbocycles. The van der Waals surface area contributed by atoms with Crippen LogP contribution in [0.4, 0.5) is 33.7 Å². The first kappa shape index (κ1) is 25.1. The molecule has 0 radical (unpaired) electrons. The largest absolute Gasteiger partial charge is 0.436 e. The molecule has 1 heterocycles. The van der Waals surface area contributed by atoms with Crippen LogP contribution in [0.15, 0.2) is 48.8 Å². The van der Waals surface area contributed by atoms with Crippen molar-refractivity contribution in [3.05, 3.63) is 71.7 Å². The molecule has 0 spiro atoms. The molecular formula is C25H22F4N4O3. The average molecular weight is 502 g/mol. The van der Waals surface area contributed by atoms with Crippen LogP contribution in [0, 0.1) is 17.6 Å². The second-order valence-corrected chi connectivity index (χ2v) is 8.50. The third-order valence-electron chi connectivity index (χ3n) is 5.46. The van der Waals surface area contributed by atoms with E-state index in [9.17, 15) is 27.2 Å². The van der Waals surface area contributed by atoms with E-state index in [0.29, 0.717) is 25.5 Å². The Bertz CT molecular complexity index is 1290. The summed E-state index contributed by atoms with van der Waals surface area (Å²) < 4.78 is 60.7. The molecule has 2 amide bonds. The molecule has 1 aliphatic rings. The number of amides is 2. The highest BCUT2D eigenvalue weighted by molar-refractivity contribution is 5.99. The van der Waals surface area contributed by atoms with E-state index in [-0.39, 0.29) is 34.7 Å². The van der Waals surface area contributed by atoms with Gasteiger partial charge in [0.15, 0.2) is 11.6 Å². The highest BCUT2D eigenvalue weighted by atomic mass is 19.3. The SMILES string of the molecule is CC(F)(F)c1cc(NC(=O)Nc2ccc(Oc3cc(CCC(=O)C4CC4)ncn3)c(F)c2)ccc1F. The van der Waals surface area contributed by atoms with Gasteiger partial charge in [-0.05, 0) is 49.6 Å². The number of aryl methyl sites for hydroxylation is 1. The lowest BCUT2D eigenvalue weighted by atomic mass is 10.1. The van der Waals surface area contributed by atoms with E-state index in [0.717, 1.165) is 37.1 Å². The predicted molar refractivity (Wildman–Crippen MR) is 123 cm³/mol. The fraction of sp³-hybridized carbons (Fsp3) is 0.280. The molecule has 3 aromatic rings. The van der Waals surface area contributed by atoms with Gasteiger partial charge >= 0.3 is 6.03 Å². The fourth-order valence-corrected chi connectivity index (χ4v) is 3.44. The van der Waals surface area contributed by atoms with E-state index in [1.54, 1.807) is 0 Å². The van der Waals surface area contributed by atoms with Crippen LogP contribution in [0.25, 0.3) is 0 Å². The smallest absolute Gasteiger partial charge is 0.323 e. The molecule has 1 fully saturated rings. The lowest BCUT2D eigenvalue weighted by Crippen LogP contribution is -2.20. The van der Waals surface area contributed by atoms with Crippen molar-refractivity contribution in [2.75, 3.05) is 10.6 Å². The number of benzene rings is 2. The number of alkyl halides is 2. The van der Waals surface area contributed by atoms with Crippen LogP contribution >= 0.6 is 0 Å². The first-order valence-corrected chi connectivity index (χ1v) is 11.2. The molecule has 7 nitrogen and oxygen atoms in total. The Morgan fingerprint density at radius 3 is 2.36 bits per heavy atom. The summed E-state index contributed by atoms with van der Waals surface area (Å²) >= 11 is 0. The number of Topliss-reactive ketones (excluding diaryl/α,β-unsaturated/α-hetero) is 1. The number of rotatable bonds is 9. The van der Waals surface area contributed by atoms with Gasteiger partial charge in [-0.25, -0.2) is 32.3 Å². The summed E-state index contributed by atoms with van der Waals surface area (Å²) in [4.78, 5) is 32.1. The number of carbonyl (C=O) groups excluding carboxylic acids is 2. The Hall–Kier alpha value is -4.02. The van der Waals surface area contributed by atoms with Gasteiger partial charge in [-0.3, -0.25) is 4.79 Å². The minimum atomic E-state index is -3.43. The fourth-order valence-electron chi connectivity index (χ4n) is 3.44. The van der Waals surface area contributed by atoms with Crippen LogP contribution in [0.3, 0.4) is 0 Å². The second-order valence-electron chi connectivity index (χ2n) is 8.50. The minimum absolute atomic E-state index is 0.0578. The van der Waals surface area contributed by atoms with Crippen LogP contribution in [0.2, 0.25) is 0 Å². The van der Waals surface area contributed by atoms with E-state index in [4.69, 9.17) is 4.74 Å². The molecular weight excluding hydrogens is 480 g/mol. The van der Waals surface area contributed by atoms with Crippen molar-refractivity contribution in [3.63, 3.8) is 0 Å². The summed E-state index contributed by atoms with van der Waals surface area (Å²) in [5.74, 6) is -5.03. The zero-order valence-corrected chi connectivity index (χ0v) is 19.2. The van der Waals surface area contributed by atoms with Crippen LogP contribution in [-0.4, -0.2) is 21.8 Å². The average Bonchev–Trinajstić information content (AvgIpc) is 3.66. The number of urea groups is 1. The van der Waals surface area contributed by atoms with Gasteiger partial charge < -0.3 is 15.4 Å². The molecule has 4 rings (SSSR count). The number of carbonyl (C=O) groups is 2. The van der Waals surface area contributed by atoms with Crippen molar-refractivity contribution >= 4 is 23.2 Å². The standard InChI is InChI=1S/C25H22F4N4O3/c1-25(28,29)18-10-16(4-7-19(18)26)32-24(35)33-17-6-9-22(20(27)11-17)36-23-12-15(30-13-31-23)5-8-21(34)14-2-3-14/h4,6-7,9-14H,2-3,5,8H2,1H3,(H2,32,33,35). The topological polar surface area (TPSA) is 93.2 Å². The molecule has 36 heavy (non-hydrogen) atoms. The van der Waals surface area contributed by atoms with Gasteiger partial charge in [-0.1, -0.05) is 0 Å². The zero-order valence-electron chi connectivity index (χ0n) is 19.2. The Labute approximate surface area is 203 Å². The second kappa shape index (κ2) is 10.3. The first-order valence-electron chi connectivity index (χ1n) is 11.2. The van der Waals surface area contributed by atoms with Crippen LogP contribution in [-0.2, 0) is 17.1 Å². The third kappa shape index (κ3) is 6.55. The summed E-state index contributed by atoms with van der Waals surface area (Å²) in [6.07, 6.45) is 3.94. The van der Waals surface area contributed by atoms with Gasteiger partial charge in [0.2, 0.25) is 5.88 Å². The van der Waals surface area contributed by atoms with Crippen molar-refractivity contribution in [1.29, 1.82) is 0 Å². The Morgan fingerprint density at radius 2 is 1.69 bits per heavy atom. The summed E-state index contributed by atoms with van der Waals surface area (Å²) in [5, 5.41) is 4.66. The number of hydrogen-bond acceptors (Lipinski definition) is 5.